The molecule has 0 atom stereocenters. The van der Waals surface area contributed by atoms with E-state index in [1.165, 1.54) is 6.07 Å². The Bertz CT molecular complexity index is 497. The first-order valence-electron chi connectivity index (χ1n) is 5.42. The number of carbonyl (C=O) groups is 1. The number of halogens is 5. The average molecular weight is 468 g/mol. The van der Waals surface area contributed by atoms with E-state index in [-0.39, 0.29) is 33.4 Å². The third-order valence-corrected chi connectivity index (χ3v) is 3.75. The van der Waals surface area contributed by atoms with E-state index in [1.54, 1.807) is 29.5 Å². The summed E-state index contributed by atoms with van der Waals surface area (Å²) in [6.45, 7) is 1.84. The van der Waals surface area contributed by atoms with Gasteiger partial charge in [0.25, 0.3) is 0 Å². The van der Waals surface area contributed by atoms with Gasteiger partial charge in [-0.2, -0.15) is 0 Å². The van der Waals surface area contributed by atoms with Gasteiger partial charge >= 0.3 is 12.3 Å². The number of hydrogen-bond donors (Lipinski definition) is 0. The number of carbonyl (C=O) groups excluding carboxylic acids is 1. The van der Waals surface area contributed by atoms with Crippen LogP contribution < -0.4 is 4.74 Å². The van der Waals surface area contributed by atoms with Gasteiger partial charge in [0.2, 0.25) is 0 Å². The first-order valence-corrected chi connectivity index (χ1v) is 7.62. The van der Waals surface area contributed by atoms with Gasteiger partial charge in [0.1, 0.15) is 5.75 Å². The van der Waals surface area contributed by atoms with Crippen LogP contribution in [0.15, 0.2) is 6.07 Å². The molecule has 0 saturated carbocycles. The molecule has 1 rings (SSSR count). The van der Waals surface area contributed by atoms with Gasteiger partial charge in [0.05, 0.1) is 28.0 Å². The van der Waals surface area contributed by atoms with Crippen LogP contribution in [-0.4, -0.2) is 23.9 Å². The highest BCUT2D eigenvalue weighted by molar-refractivity contribution is 14.1. The Labute approximate surface area is 135 Å². The van der Waals surface area contributed by atoms with Crippen LogP contribution in [0, 0.1) is 3.57 Å². The largest absolute Gasteiger partial charge is 0.573 e. The fourth-order valence-electron chi connectivity index (χ4n) is 1.34. The van der Waals surface area contributed by atoms with Gasteiger partial charge in [-0.05, 0) is 29.5 Å². The highest BCUT2D eigenvalue weighted by Gasteiger charge is 2.33. The molecule has 0 aromatic carbocycles. The van der Waals surface area contributed by atoms with Crippen LogP contribution in [0.1, 0.15) is 18.3 Å². The van der Waals surface area contributed by atoms with Crippen molar-refractivity contribution in [1.29, 1.82) is 0 Å². The van der Waals surface area contributed by atoms with Crippen molar-refractivity contribution in [3.63, 3.8) is 0 Å². The lowest BCUT2D eigenvalue weighted by atomic mass is 10.2. The standard InChI is InChI=1S/C11H10BrF3INO3/c1-2-19-9(18)4-7-10(16)8(20-11(13,14)15)3-6(5-12)17-7/h3H,2,4-5H2,1H3. The highest BCUT2D eigenvalue weighted by atomic mass is 127. The van der Waals surface area contributed by atoms with E-state index in [9.17, 15) is 18.0 Å². The lowest BCUT2D eigenvalue weighted by Crippen LogP contribution is -2.19. The number of rotatable bonds is 5. The molecule has 0 aliphatic rings. The Kier molecular flexibility index (Phi) is 6.49. The maximum absolute atomic E-state index is 12.3. The molecule has 0 aliphatic carbocycles. The van der Waals surface area contributed by atoms with E-state index in [1.807, 2.05) is 0 Å². The summed E-state index contributed by atoms with van der Waals surface area (Å²) in [4.78, 5) is 15.5. The molecule has 4 nitrogen and oxygen atoms in total. The molecular formula is C11H10BrF3INO3. The van der Waals surface area contributed by atoms with Crippen LogP contribution in [0.2, 0.25) is 0 Å². The Hall–Kier alpha value is -0.580. The predicted molar refractivity (Wildman–Crippen MR) is 76.6 cm³/mol. The average Bonchev–Trinajstić information content (AvgIpc) is 2.32. The van der Waals surface area contributed by atoms with E-state index in [2.05, 4.69) is 25.7 Å². The highest BCUT2D eigenvalue weighted by Crippen LogP contribution is 2.30. The molecule has 0 saturated heterocycles. The number of esters is 1. The van der Waals surface area contributed by atoms with Crippen molar-refractivity contribution in [2.75, 3.05) is 6.61 Å². The quantitative estimate of drug-likeness (QED) is 0.377. The maximum Gasteiger partial charge on any atom is 0.573 e. The first-order chi connectivity index (χ1) is 9.26. The molecule has 0 radical (unpaired) electrons. The summed E-state index contributed by atoms with van der Waals surface area (Å²) in [5.74, 6) is -0.926. The summed E-state index contributed by atoms with van der Waals surface area (Å²) in [6, 6.07) is 1.18. The lowest BCUT2D eigenvalue weighted by Gasteiger charge is -2.14. The molecule has 0 amide bonds. The third kappa shape index (κ3) is 5.43. The van der Waals surface area contributed by atoms with Crippen LogP contribution in [0.3, 0.4) is 0 Å². The summed E-state index contributed by atoms with van der Waals surface area (Å²) in [6.07, 6.45) is -5.01. The molecule has 0 N–H and O–H groups in total. The minimum absolute atomic E-state index is 0.137. The Morgan fingerprint density at radius 2 is 2.15 bits per heavy atom. The van der Waals surface area contributed by atoms with Crippen molar-refractivity contribution in [2.24, 2.45) is 0 Å². The maximum atomic E-state index is 12.3. The normalized spacial score (nSPS) is 11.3. The van der Waals surface area contributed by atoms with Gasteiger partial charge in [-0.25, -0.2) is 0 Å². The summed E-state index contributed by atoms with van der Waals surface area (Å²) in [5.41, 5.74) is 0.532. The zero-order valence-corrected chi connectivity index (χ0v) is 14.0. The molecular weight excluding hydrogens is 458 g/mol. The zero-order chi connectivity index (χ0) is 15.3. The zero-order valence-electron chi connectivity index (χ0n) is 10.3. The van der Waals surface area contributed by atoms with Gasteiger partial charge in [-0.15, -0.1) is 13.2 Å². The van der Waals surface area contributed by atoms with Gasteiger partial charge in [0, 0.05) is 11.4 Å². The van der Waals surface area contributed by atoms with Crippen molar-refractivity contribution in [1.82, 2.24) is 4.98 Å². The molecule has 1 aromatic heterocycles. The molecule has 20 heavy (non-hydrogen) atoms. The second-order valence-corrected chi connectivity index (χ2v) is 5.18. The second-order valence-electron chi connectivity index (χ2n) is 3.54. The summed E-state index contributed by atoms with van der Waals surface area (Å²) < 4.78 is 45.8. The van der Waals surface area contributed by atoms with Gasteiger partial charge in [0.15, 0.2) is 0 Å². The van der Waals surface area contributed by atoms with E-state index < -0.39 is 12.3 Å². The Morgan fingerprint density at radius 3 is 2.65 bits per heavy atom. The molecule has 1 heterocycles. The summed E-state index contributed by atoms with van der Waals surface area (Å²) >= 11 is 4.77. The van der Waals surface area contributed by atoms with Gasteiger partial charge in [-0.1, -0.05) is 15.9 Å². The molecule has 0 spiro atoms. The summed E-state index contributed by atoms with van der Waals surface area (Å²) in [7, 11) is 0. The van der Waals surface area contributed by atoms with Crippen molar-refractivity contribution in [2.45, 2.75) is 25.0 Å². The van der Waals surface area contributed by atoms with Crippen molar-refractivity contribution in [3.05, 3.63) is 21.0 Å². The van der Waals surface area contributed by atoms with E-state index in [4.69, 9.17) is 4.74 Å². The SMILES string of the molecule is CCOC(=O)Cc1nc(CBr)cc(OC(F)(F)F)c1I. The minimum Gasteiger partial charge on any atom is -0.466 e. The van der Waals surface area contributed by atoms with Gasteiger partial charge < -0.3 is 9.47 Å². The van der Waals surface area contributed by atoms with Crippen LogP contribution in [0.4, 0.5) is 13.2 Å². The topological polar surface area (TPSA) is 48.4 Å². The smallest absolute Gasteiger partial charge is 0.466 e. The van der Waals surface area contributed by atoms with E-state index in [0.717, 1.165) is 0 Å². The van der Waals surface area contributed by atoms with Crippen molar-refractivity contribution >= 4 is 44.5 Å². The van der Waals surface area contributed by atoms with Crippen molar-refractivity contribution < 1.29 is 27.4 Å². The van der Waals surface area contributed by atoms with E-state index in [0.29, 0.717) is 5.69 Å². The predicted octanol–water partition coefficient (Wildman–Crippen LogP) is 3.59. The molecule has 112 valence electrons. The lowest BCUT2D eigenvalue weighted by molar-refractivity contribution is -0.275. The summed E-state index contributed by atoms with van der Waals surface area (Å²) in [5, 5.41) is 0.244. The number of hydrogen-bond acceptors (Lipinski definition) is 4. The molecule has 0 unspecified atom stereocenters. The van der Waals surface area contributed by atoms with Crippen LogP contribution in [0.5, 0.6) is 5.75 Å². The van der Waals surface area contributed by atoms with Gasteiger partial charge in [-0.3, -0.25) is 9.78 Å². The monoisotopic (exact) mass is 467 g/mol. The van der Waals surface area contributed by atoms with Crippen molar-refractivity contribution in [3.8, 4) is 5.75 Å². The van der Waals surface area contributed by atoms with Crippen LogP contribution >= 0.6 is 38.5 Å². The first kappa shape index (κ1) is 17.5. The number of alkyl halides is 4. The molecule has 0 bridgehead atoms. The fraction of sp³-hybridized carbons (Fsp3) is 0.455. The number of nitrogens with zero attached hydrogens (tertiary/aromatic N) is 1. The fourth-order valence-corrected chi connectivity index (χ4v) is 2.21. The van der Waals surface area contributed by atoms with Crippen LogP contribution in [-0.2, 0) is 21.3 Å². The molecule has 0 aliphatic heterocycles. The number of pyridine rings is 1. The number of aromatic nitrogens is 1. The minimum atomic E-state index is -4.80. The molecule has 9 heteroatoms. The Morgan fingerprint density at radius 1 is 1.50 bits per heavy atom. The molecule has 1 aromatic rings. The third-order valence-electron chi connectivity index (χ3n) is 2.03. The second kappa shape index (κ2) is 7.43. The molecule has 0 fully saturated rings. The van der Waals surface area contributed by atoms with Crippen LogP contribution in [0.25, 0.3) is 0 Å². The Balaban J connectivity index is 3.10. The number of ether oxygens (including phenoxy) is 2. The van der Waals surface area contributed by atoms with E-state index >= 15 is 0 Å².